The maximum atomic E-state index is 14.5. The first-order valence-electron chi connectivity index (χ1n) is 10.9. The Morgan fingerprint density at radius 2 is 2.12 bits per heavy atom. The number of carbonyl (C=O) groups is 1. The van der Waals surface area contributed by atoms with Gasteiger partial charge in [-0.25, -0.2) is 14.4 Å². The summed E-state index contributed by atoms with van der Waals surface area (Å²) in [5, 5.41) is 8.27. The molecule has 0 unspecified atom stereocenters. The molecule has 174 valence electrons. The summed E-state index contributed by atoms with van der Waals surface area (Å²) in [6.45, 7) is 1.46. The van der Waals surface area contributed by atoms with Crippen LogP contribution in [-0.4, -0.2) is 51.9 Å². The van der Waals surface area contributed by atoms with Crippen molar-refractivity contribution in [2.75, 3.05) is 30.4 Å². The van der Waals surface area contributed by atoms with E-state index < -0.39 is 11.7 Å². The van der Waals surface area contributed by atoms with Gasteiger partial charge in [-0.15, -0.1) is 0 Å². The number of nitrogens with two attached hydrogens (primary N) is 1. The third-order valence-electron chi connectivity index (χ3n) is 6.00. The lowest BCUT2D eigenvalue weighted by Crippen LogP contribution is -2.27. The van der Waals surface area contributed by atoms with Crippen LogP contribution in [0.2, 0.25) is 0 Å². The first kappa shape index (κ1) is 21.8. The van der Waals surface area contributed by atoms with E-state index in [1.165, 1.54) is 31.5 Å². The lowest BCUT2D eigenvalue weighted by molar-refractivity contribution is 0.102. The number of halogens is 1. The van der Waals surface area contributed by atoms with E-state index in [4.69, 9.17) is 10.5 Å². The average Bonchev–Trinajstić information content (AvgIpc) is 3.44. The first-order valence-corrected chi connectivity index (χ1v) is 10.9. The van der Waals surface area contributed by atoms with Crippen LogP contribution >= 0.6 is 0 Å². The highest BCUT2D eigenvalue weighted by Gasteiger charge is 2.25. The molecule has 2 aromatic heterocycles. The van der Waals surface area contributed by atoms with Gasteiger partial charge >= 0.3 is 0 Å². The normalized spacial score (nSPS) is 15.6. The van der Waals surface area contributed by atoms with Crippen LogP contribution < -0.4 is 20.7 Å². The second-order valence-corrected chi connectivity index (χ2v) is 8.19. The van der Waals surface area contributed by atoms with Crippen molar-refractivity contribution in [3.63, 3.8) is 0 Å². The number of aromatic nitrogens is 4. The Hall–Kier alpha value is -4.05. The lowest BCUT2D eigenvalue weighted by Gasteiger charge is -2.23. The summed E-state index contributed by atoms with van der Waals surface area (Å²) < 4.78 is 21.6. The molecule has 1 fully saturated rings. The van der Waals surface area contributed by atoms with Crippen molar-refractivity contribution < 1.29 is 13.9 Å². The number of carbonyl (C=O) groups excluding carboxylic acids is 1. The number of fused-ring (bicyclic) bond motifs is 1. The van der Waals surface area contributed by atoms with E-state index in [1.807, 2.05) is 19.2 Å². The molecule has 5 rings (SSSR count). The number of rotatable bonds is 5. The summed E-state index contributed by atoms with van der Waals surface area (Å²) in [4.78, 5) is 23.9. The summed E-state index contributed by atoms with van der Waals surface area (Å²) >= 11 is 0. The Morgan fingerprint density at radius 1 is 1.26 bits per heavy atom. The number of anilines is 2. The molecule has 0 radical (unpaired) electrons. The van der Waals surface area contributed by atoms with E-state index >= 15 is 0 Å². The second-order valence-electron chi connectivity index (χ2n) is 8.19. The number of benzene rings is 2. The third kappa shape index (κ3) is 3.81. The van der Waals surface area contributed by atoms with Gasteiger partial charge in [-0.05, 0) is 36.8 Å². The average molecular weight is 462 g/mol. The molecule has 9 nitrogen and oxygen atoms in total. The molecule has 3 N–H and O–H groups in total. The summed E-state index contributed by atoms with van der Waals surface area (Å²) in [6.07, 6.45) is 4.08. The van der Waals surface area contributed by atoms with Crippen molar-refractivity contribution in [1.29, 1.82) is 0 Å². The van der Waals surface area contributed by atoms with Gasteiger partial charge in [0, 0.05) is 37.8 Å². The molecule has 3 heterocycles. The van der Waals surface area contributed by atoms with Gasteiger partial charge in [0.2, 0.25) is 0 Å². The van der Waals surface area contributed by atoms with Crippen molar-refractivity contribution in [3.05, 3.63) is 60.3 Å². The molecule has 1 aliphatic rings. The third-order valence-corrected chi connectivity index (χ3v) is 6.00. The number of ether oxygens (including phenoxy) is 1. The van der Waals surface area contributed by atoms with Gasteiger partial charge in [0.05, 0.1) is 35.8 Å². The summed E-state index contributed by atoms with van der Waals surface area (Å²) in [5.41, 5.74) is 8.81. The van der Waals surface area contributed by atoms with Crippen LogP contribution in [0.4, 0.5) is 15.8 Å². The van der Waals surface area contributed by atoms with E-state index in [0.717, 1.165) is 29.6 Å². The Labute approximate surface area is 195 Å². The second kappa shape index (κ2) is 8.71. The van der Waals surface area contributed by atoms with Crippen LogP contribution in [0.15, 0.2) is 48.8 Å². The van der Waals surface area contributed by atoms with Gasteiger partial charge in [-0.2, -0.15) is 5.10 Å². The van der Waals surface area contributed by atoms with Crippen LogP contribution in [-0.2, 0) is 7.05 Å². The van der Waals surface area contributed by atoms with Crippen LogP contribution in [0.1, 0.15) is 16.9 Å². The molecule has 0 bridgehead atoms. The van der Waals surface area contributed by atoms with Crippen molar-refractivity contribution in [2.24, 2.45) is 12.8 Å². The fourth-order valence-electron chi connectivity index (χ4n) is 4.33. The molecule has 2 aromatic carbocycles. The zero-order chi connectivity index (χ0) is 23.8. The summed E-state index contributed by atoms with van der Waals surface area (Å²) in [7, 11) is 3.31. The Balaban J connectivity index is 1.51. The molecule has 0 spiro atoms. The SMILES string of the molecule is COc1cccc(F)c1-c1nccc(C(=O)Nc2ccc3c(cnn3C)c2N2CC[C@@H](N)C2)n1. The van der Waals surface area contributed by atoms with E-state index in [0.29, 0.717) is 12.2 Å². The zero-order valence-corrected chi connectivity index (χ0v) is 18.8. The number of nitrogens with zero attached hydrogens (tertiary/aromatic N) is 5. The van der Waals surface area contributed by atoms with Gasteiger partial charge in [-0.1, -0.05) is 6.07 Å². The van der Waals surface area contributed by atoms with Crippen LogP contribution in [0.5, 0.6) is 5.75 Å². The lowest BCUT2D eigenvalue weighted by atomic mass is 10.1. The van der Waals surface area contributed by atoms with Crippen molar-refractivity contribution >= 4 is 28.2 Å². The highest BCUT2D eigenvalue weighted by atomic mass is 19.1. The van der Waals surface area contributed by atoms with E-state index in [2.05, 4.69) is 25.3 Å². The molecular formula is C24H24FN7O2. The van der Waals surface area contributed by atoms with Crippen LogP contribution in [0, 0.1) is 5.82 Å². The standard InChI is InChI=1S/C24H24FN7O2/c1-31-19-7-6-17(22(15(19)12-28-31)32-11-9-14(26)13-32)30-24(33)18-8-10-27-23(29-18)21-16(25)4-3-5-20(21)34-2/h3-8,10,12,14H,9,11,13,26H2,1-2H3,(H,30,33)/t14-/m1/s1. The minimum Gasteiger partial charge on any atom is -0.496 e. The van der Waals surface area contributed by atoms with Crippen LogP contribution in [0.3, 0.4) is 0 Å². The van der Waals surface area contributed by atoms with Crippen molar-refractivity contribution in [2.45, 2.75) is 12.5 Å². The quantitative estimate of drug-likeness (QED) is 0.470. The van der Waals surface area contributed by atoms with Gasteiger partial charge in [-0.3, -0.25) is 9.48 Å². The van der Waals surface area contributed by atoms with E-state index in [9.17, 15) is 9.18 Å². The number of aryl methyl sites for hydroxylation is 1. The molecular weight excluding hydrogens is 437 g/mol. The van der Waals surface area contributed by atoms with Crippen molar-refractivity contribution in [3.8, 4) is 17.1 Å². The fraction of sp³-hybridized carbons (Fsp3) is 0.250. The molecule has 1 atom stereocenters. The van der Waals surface area contributed by atoms with Gasteiger partial charge in [0.1, 0.15) is 17.3 Å². The number of nitrogens with one attached hydrogen (secondary N) is 1. The predicted molar refractivity (Wildman–Crippen MR) is 127 cm³/mol. The monoisotopic (exact) mass is 461 g/mol. The molecule has 1 saturated heterocycles. The maximum Gasteiger partial charge on any atom is 0.274 e. The number of methoxy groups -OCH3 is 1. The Kier molecular flexibility index (Phi) is 5.58. The Morgan fingerprint density at radius 3 is 2.88 bits per heavy atom. The van der Waals surface area contributed by atoms with Crippen LogP contribution in [0.25, 0.3) is 22.3 Å². The maximum absolute atomic E-state index is 14.5. The molecule has 0 saturated carbocycles. The van der Waals surface area contributed by atoms with Gasteiger partial charge in [0.15, 0.2) is 5.82 Å². The van der Waals surface area contributed by atoms with E-state index in [-0.39, 0.29) is 28.9 Å². The highest BCUT2D eigenvalue weighted by molar-refractivity contribution is 6.09. The van der Waals surface area contributed by atoms with Gasteiger partial charge in [0.25, 0.3) is 5.91 Å². The fourth-order valence-corrected chi connectivity index (χ4v) is 4.33. The molecule has 0 aliphatic carbocycles. The highest BCUT2D eigenvalue weighted by Crippen LogP contribution is 2.37. The molecule has 4 aromatic rings. The molecule has 10 heteroatoms. The zero-order valence-electron chi connectivity index (χ0n) is 18.8. The van der Waals surface area contributed by atoms with Crippen molar-refractivity contribution in [1.82, 2.24) is 19.7 Å². The summed E-state index contributed by atoms with van der Waals surface area (Å²) in [6, 6.07) is 9.76. The molecule has 1 aliphatic heterocycles. The minimum absolute atomic E-state index is 0.0654. The predicted octanol–water partition coefficient (Wildman–Crippen LogP) is 2.97. The topological polar surface area (TPSA) is 111 Å². The largest absolute Gasteiger partial charge is 0.496 e. The Bertz CT molecular complexity index is 1390. The molecule has 1 amide bonds. The smallest absolute Gasteiger partial charge is 0.274 e. The number of amides is 1. The number of hydrogen-bond acceptors (Lipinski definition) is 7. The number of hydrogen-bond donors (Lipinski definition) is 2. The van der Waals surface area contributed by atoms with E-state index in [1.54, 1.807) is 16.9 Å². The minimum atomic E-state index is -0.536. The molecule has 34 heavy (non-hydrogen) atoms. The summed E-state index contributed by atoms with van der Waals surface area (Å²) in [5.74, 6) is -0.623. The van der Waals surface area contributed by atoms with Gasteiger partial charge < -0.3 is 20.7 Å². The first-order chi connectivity index (χ1) is 16.5.